The second-order valence-corrected chi connectivity index (χ2v) is 4.06. The van der Waals surface area contributed by atoms with Gasteiger partial charge in [-0.05, 0) is 18.6 Å². The van der Waals surface area contributed by atoms with Gasteiger partial charge in [-0.3, -0.25) is 4.79 Å². The van der Waals surface area contributed by atoms with Crippen LogP contribution >= 0.6 is 12.4 Å². The Hall–Kier alpha value is -1.55. The minimum Gasteiger partial charge on any atom is -0.481 e. The third-order valence-corrected chi connectivity index (χ3v) is 2.76. The predicted octanol–water partition coefficient (Wildman–Crippen LogP) is 2.89. The second kappa shape index (κ2) is 6.40. The van der Waals surface area contributed by atoms with Crippen LogP contribution in [-0.2, 0) is 17.8 Å². The van der Waals surface area contributed by atoms with Gasteiger partial charge in [0, 0.05) is 13.0 Å². The molecule has 0 radical (unpaired) electrons. The molecule has 1 heterocycles. The zero-order chi connectivity index (χ0) is 12.3. The number of hydrogen-bond acceptors (Lipinski definition) is 2. The van der Waals surface area contributed by atoms with Crippen LogP contribution in [-0.4, -0.2) is 20.6 Å². The maximum absolute atomic E-state index is 10.7. The van der Waals surface area contributed by atoms with Crippen molar-refractivity contribution in [1.29, 1.82) is 0 Å². The standard InChI is InChI=1S/C13H16N2O2.ClH/c1-2-5-12-14-10-6-3-4-7-11(10)15(12)9-8-13(16)17;/h3-4,6-7H,2,5,8-9H2,1H3,(H,16,17);1H. The number of aryl methyl sites for hydroxylation is 2. The maximum atomic E-state index is 10.7. The lowest BCUT2D eigenvalue weighted by atomic mass is 10.3. The average molecular weight is 269 g/mol. The van der Waals surface area contributed by atoms with E-state index >= 15 is 0 Å². The van der Waals surface area contributed by atoms with E-state index in [0.29, 0.717) is 6.54 Å². The molecule has 1 aromatic heterocycles. The number of carboxylic acid groups (broad SMARTS) is 1. The van der Waals surface area contributed by atoms with E-state index in [2.05, 4.69) is 11.9 Å². The zero-order valence-electron chi connectivity index (χ0n) is 10.3. The number of aromatic nitrogens is 2. The van der Waals surface area contributed by atoms with Crippen LogP contribution in [0.15, 0.2) is 24.3 Å². The van der Waals surface area contributed by atoms with Crippen LogP contribution in [0.3, 0.4) is 0 Å². The van der Waals surface area contributed by atoms with Crippen molar-refractivity contribution in [2.75, 3.05) is 0 Å². The molecule has 18 heavy (non-hydrogen) atoms. The van der Waals surface area contributed by atoms with Crippen LogP contribution in [0.1, 0.15) is 25.6 Å². The van der Waals surface area contributed by atoms with E-state index in [1.54, 1.807) is 0 Å². The molecule has 5 heteroatoms. The van der Waals surface area contributed by atoms with Crippen LogP contribution in [0.25, 0.3) is 11.0 Å². The summed E-state index contributed by atoms with van der Waals surface area (Å²) in [4.78, 5) is 15.2. The minimum absolute atomic E-state index is 0. The number of halogens is 1. The molecule has 0 aliphatic carbocycles. The Morgan fingerprint density at radius 3 is 2.78 bits per heavy atom. The van der Waals surface area contributed by atoms with E-state index in [1.807, 2.05) is 28.8 Å². The Morgan fingerprint density at radius 2 is 2.11 bits per heavy atom. The number of imidazole rings is 1. The summed E-state index contributed by atoms with van der Waals surface area (Å²) < 4.78 is 2.02. The quantitative estimate of drug-likeness (QED) is 0.907. The number of carboxylic acids is 1. The number of rotatable bonds is 5. The smallest absolute Gasteiger partial charge is 0.305 e. The topological polar surface area (TPSA) is 55.1 Å². The Morgan fingerprint density at radius 1 is 1.39 bits per heavy atom. The van der Waals surface area contributed by atoms with Crippen LogP contribution in [0.4, 0.5) is 0 Å². The highest BCUT2D eigenvalue weighted by Crippen LogP contribution is 2.17. The lowest BCUT2D eigenvalue weighted by molar-refractivity contribution is -0.137. The number of nitrogens with zero attached hydrogens (tertiary/aromatic N) is 2. The fourth-order valence-electron chi connectivity index (χ4n) is 2.00. The molecule has 4 nitrogen and oxygen atoms in total. The molecule has 1 aromatic carbocycles. The lowest BCUT2D eigenvalue weighted by Gasteiger charge is -2.06. The fraction of sp³-hybridized carbons (Fsp3) is 0.385. The summed E-state index contributed by atoms with van der Waals surface area (Å²) in [6, 6.07) is 7.86. The summed E-state index contributed by atoms with van der Waals surface area (Å²) in [5, 5.41) is 8.77. The summed E-state index contributed by atoms with van der Waals surface area (Å²) in [6.07, 6.45) is 2.03. The van der Waals surface area contributed by atoms with E-state index in [9.17, 15) is 4.79 Å². The van der Waals surface area contributed by atoms with Crippen molar-refractivity contribution >= 4 is 29.4 Å². The van der Waals surface area contributed by atoms with Crippen molar-refractivity contribution in [1.82, 2.24) is 9.55 Å². The Kier molecular flexibility index (Phi) is 5.16. The molecule has 0 aliphatic heterocycles. The van der Waals surface area contributed by atoms with E-state index < -0.39 is 5.97 Å². The van der Waals surface area contributed by atoms with Crippen molar-refractivity contribution < 1.29 is 9.90 Å². The molecule has 2 aromatic rings. The molecule has 98 valence electrons. The summed E-state index contributed by atoms with van der Waals surface area (Å²) in [7, 11) is 0. The number of fused-ring (bicyclic) bond motifs is 1. The van der Waals surface area contributed by atoms with Gasteiger partial charge in [-0.25, -0.2) is 4.98 Å². The zero-order valence-corrected chi connectivity index (χ0v) is 11.1. The molecular formula is C13H17ClN2O2. The van der Waals surface area contributed by atoms with Crippen LogP contribution in [0, 0.1) is 0 Å². The molecule has 0 amide bonds. The maximum Gasteiger partial charge on any atom is 0.305 e. The molecular weight excluding hydrogens is 252 g/mol. The molecule has 0 aliphatic rings. The average Bonchev–Trinajstić information content (AvgIpc) is 2.64. The Labute approximate surface area is 112 Å². The fourth-order valence-corrected chi connectivity index (χ4v) is 2.00. The molecule has 0 saturated carbocycles. The first-order valence-electron chi connectivity index (χ1n) is 5.88. The number of para-hydroxylation sites is 2. The van der Waals surface area contributed by atoms with E-state index in [1.165, 1.54) is 0 Å². The monoisotopic (exact) mass is 268 g/mol. The van der Waals surface area contributed by atoms with Gasteiger partial charge in [0.05, 0.1) is 17.5 Å². The van der Waals surface area contributed by atoms with Gasteiger partial charge in [0.15, 0.2) is 0 Å². The Balaban J connectivity index is 0.00000162. The first-order chi connectivity index (χ1) is 8.22. The third kappa shape index (κ3) is 3.01. The normalized spacial score (nSPS) is 10.3. The van der Waals surface area contributed by atoms with Gasteiger partial charge >= 0.3 is 5.97 Å². The first-order valence-corrected chi connectivity index (χ1v) is 5.88. The number of hydrogen-bond donors (Lipinski definition) is 1. The summed E-state index contributed by atoms with van der Waals surface area (Å²) in [5.41, 5.74) is 1.97. The highest BCUT2D eigenvalue weighted by molar-refractivity contribution is 5.85. The van der Waals surface area contributed by atoms with Crippen LogP contribution in [0.2, 0.25) is 0 Å². The van der Waals surface area contributed by atoms with Gasteiger partial charge < -0.3 is 9.67 Å². The minimum atomic E-state index is -0.773. The van der Waals surface area contributed by atoms with Crippen molar-refractivity contribution in [2.24, 2.45) is 0 Å². The van der Waals surface area contributed by atoms with Gasteiger partial charge in [0.1, 0.15) is 5.82 Å². The summed E-state index contributed by atoms with van der Waals surface area (Å²) in [5.74, 6) is 0.208. The highest BCUT2D eigenvalue weighted by atomic mass is 35.5. The molecule has 1 N–H and O–H groups in total. The van der Waals surface area contributed by atoms with E-state index in [-0.39, 0.29) is 18.8 Å². The molecule has 0 bridgehead atoms. The first kappa shape index (κ1) is 14.5. The number of aliphatic carboxylic acids is 1. The predicted molar refractivity (Wildman–Crippen MR) is 73.2 cm³/mol. The van der Waals surface area contributed by atoms with Crippen molar-refractivity contribution in [3.8, 4) is 0 Å². The molecule has 0 fully saturated rings. The van der Waals surface area contributed by atoms with E-state index in [4.69, 9.17) is 5.11 Å². The molecule has 0 spiro atoms. The van der Waals surface area contributed by atoms with Crippen molar-refractivity contribution in [3.05, 3.63) is 30.1 Å². The molecule has 2 rings (SSSR count). The van der Waals surface area contributed by atoms with Crippen molar-refractivity contribution in [3.63, 3.8) is 0 Å². The van der Waals surface area contributed by atoms with Gasteiger partial charge in [-0.1, -0.05) is 19.1 Å². The van der Waals surface area contributed by atoms with Gasteiger partial charge in [-0.15, -0.1) is 12.4 Å². The summed E-state index contributed by atoms with van der Waals surface area (Å²) in [6.45, 7) is 2.59. The highest BCUT2D eigenvalue weighted by Gasteiger charge is 2.10. The van der Waals surface area contributed by atoms with Gasteiger partial charge in [0.25, 0.3) is 0 Å². The summed E-state index contributed by atoms with van der Waals surface area (Å²) >= 11 is 0. The Bertz CT molecular complexity index is 537. The van der Waals surface area contributed by atoms with Gasteiger partial charge in [0.2, 0.25) is 0 Å². The second-order valence-electron chi connectivity index (χ2n) is 4.06. The van der Waals surface area contributed by atoms with Crippen LogP contribution < -0.4 is 0 Å². The number of carbonyl (C=O) groups is 1. The largest absolute Gasteiger partial charge is 0.481 e. The SMILES string of the molecule is CCCc1nc2ccccc2n1CCC(=O)O.Cl. The molecule has 0 atom stereocenters. The lowest BCUT2D eigenvalue weighted by Crippen LogP contribution is -2.08. The molecule has 0 unspecified atom stereocenters. The van der Waals surface area contributed by atoms with E-state index in [0.717, 1.165) is 29.7 Å². The molecule has 0 saturated heterocycles. The van der Waals surface area contributed by atoms with Crippen LogP contribution in [0.5, 0.6) is 0 Å². The van der Waals surface area contributed by atoms with Gasteiger partial charge in [-0.2, -0.15) is 0 Å². The number of benzene rings is 1. The van der Waals surface area contributed by atoms with Crippen molar-refractivity contribution in [2.45, 2.75) is 32.7 Å². The third-order valence-electron chi connectivity index (χ3n) is 2.76.